The van der Waals surface area contributed by atoms with Gasteiger partial charge in [-0.15, -0.1) is 0 Å². The number of aliphatic carboxylic acids is 1. The van der Waals surface area contributed by atoms with Crippen molar-refractivity contribution in [2.45, 2.75) is 39.3 Å². The average molecular weight is 391 g/mol. The Morgan fingerprint density at radius 1 is 1.15 bits per heavy atom. The van der Waals surface area contributed by atoms with Gasteiger partial charge in [0.05, 0.1) is 0 Å². The van der Waals surface area contributed by atoms with Crippen LogP contribution in [0.3, 0.4) is 0 Å². The van der Waals surface area contributed by atoms with Gasteiger partial charge in [0.15, 0.2) is 0 Å². The number of hydrogen-bond donors (Lipinski definition) is 3. The lowest BCUT2D eigenvalue weighted by atomic mass is 10.0. The van der Waals surface area contributed by atoms with Gasteiger partial charge in [-0.3, -0.25) is 0 Å². The van der Waals surface area contributed by atoms with Crippen LogP contribution in [0.25, 0.3) is 0 Å². The molecule has 0 saturated carbocycles. The van der Waals surface area contributed by atoms with Crippen molar-refractivity contribution in [3.63, 3.8) is 0 Å². The maximum atomic E-state index is 12.0. The molecule has 3 N–H and O–H groups in total. The third-order valence-electron chi connectivity index (χ3n) is 3.56. The van der Waals surface area contributed by atoms with Crippen LogP contribution in [0.1, 0.15) is 38.0 Å². The van der Waals surface area contributed by atoms with E-state index < -0.39 is 12.1 Å². The van der Waals surface area contributed by atoms with Crippen molar-refractivity contribution >= 4 is 29.3 Å². The number of carbonyl (C=O) groups excluding carboxylic acids is 1. The molecule has 0 aliphatic carbocycles. The molecule has 144 valence electrons. The van der Waals surface area contributed by atoms with Crippen LogP contribution in [0.5, 0.6) is 5.75 Å². The number of halogens is 1. The summed E-state index contributed by atoms with van der Waals surface area (Å²) in [5.41, 5.74) is 1.41. The number of carboxylic acid groups (broad SMARTS) is 1. The zero-order valence-electron chi connectivity index (χ0n) is 15.7. The van der Waals surface area contributed by atoms with Gasteiger partial charge < -0.3 is 20.5 Å². The molecule has 27 heavy (non-hydrogen) atoms. The number of aryl methyl sites for hydroxylation is 1. The molecule has 0 heterocycles. The Labute approximate surface area is 163 Å². The second kappa shape index (κ2) is 8.31. The van der Waals surface area contributed by atoms with Crippen LogP contribution in [0, 0.1) is 6.92 Å². The molecule has 2 amide bonds. The van der Waals surface area contributed by atoms with Crippen molar-refractivity contribution in [1.29, 1.82) is 0 Å². The first-order valence-corrected chi connectivity index (χ1v) is 8.78. The summed E-state index contributed by atoms with van der Waals surface area (Å²) in [5.74, 6) is -0.764. The first-order valence-electron chi connectivity index (χ1n) is 8.40. The molecule has 7 heteroatoms. The smallest absolute Gasteiger partial charge is 0.349 e. The van der Waals surface area contributed by atoms with Crippen LogP contribution in [0.2, 0.25) is 5.02 Å². The van der Waals surface area contributed by atoms with Crippen molar-refractivity contribution < 1.29 is 19.4 Å². The number of urea groups is 1. The molecule has 6 nitrogen and oxygen atoms in total. The molecule has 1 unspecified atom stereocenters. The summed E-state index contributed by atoms with van der Waals surface area (Å²) in [5, 5.41) is 15.6. The van der Waals surface area contributed by atoms with E-state index in [1.807, 2.05) is 20.8 Å². The molecule has 1 atom stereocenters. The van der Waals surface area contributed by atoms with Gasteiger partial charge in [0.1, 0.15) is 5.75 Å². The van der Waals surface area contributed by atoms with Gasteiger partial charge in [-0.1, -0.05) is 23.7 Å². The topological polar surface area (TPSA) is 87.7 Å². The Morgan fingerprint density at radius 3 is 2.41 bits per heavy atom. The molecule has 0 radical (unpaired) electrons. The minimum Gasteiger partial charge on any atom is -0.478 e. The average Bonchev–Trinajstić information content (AvgIpc) is 2.52. The molecule has 2 aromatic carbocycles. The normalized spacial score (nSPS) is 12.2. The molecule has 0 spiro atoms. The summed E-state index contributed by atoms with van der Waals surface area (Å²) in [6.07, 6.45) is -1.19. The van der Waals surface area contributed by atoms with Gasteiger partial charge >= 0.3 is 12.0 Å². The highest BCUT2D eigenvalue weighted by Crippen LogP contribution is 2.27. The lowest BCUT2D eigenvalue weighted by Crippen LogP contribution is -2.43. The fourth-order valence-corrected chi connectivity index (χ4v) is 2.60. The van der Waals surface area contributed by atoms with Crippen LogP contribution in [-0.2, 0) is 4.79 Å². The molecule has 0 aromatic heterocycles. The number of hydrogen-bond acceptors (Lipinski definition) is 3. The van der Waals surface area contributed by atoms with E-state index in [0.717, 1.165) is 5.56 Å². The maximum absolute atomic E-state index is 12.0. The first-order chi connectivity index (χ1) is 12.5. The summed E-state index contributed by atoms with van der Waals surface area (Å²) in [7, 11) is 0. The monoisotopic (exact) mass is 390 g/mol. The SMILES string of the molecule is Cc1cc(C(Oc2cccc(Cl)c2)C(=O)O)ccc1NC(=O)NC(C)(C)C. The van der Waals surface area contributed by atoms with Crippen molar-refractivity contribution in [2.75, 3.05) is 5.32 Å². The molecule has 0 aliphatic rings. The Morgan fingerprint density at radius 2 is 1.85 bits per heavy atom. The maximum Gasteiger partial charge on any atom is 0.349 e. The lowest BCUT2D eigenvalue weighted by molar-refractivity contribution is -0.145. The molecular weight excluding hydrogens is 368 g/mol. The molecule has 0 saturated heterocycles. The number of carbonyl (C=O) groups is 2. The van der Waals surface area contributed by atoms with E-state index in [4.69, 9.17) is 16.3 Å². The highest BCUT2D eigenvalue weighted by Gasteiger charge is 2.23. The number of ether oxygens (including phenoxy) is 1. The van der Waals surface area contributed by atoms with Crippen LogP contribution in [0.4, 0.5) is 10.5 Å². The quantitative estimate of drug-likeness (QED) is 0.686. The van der Waals surface area contributed by atoms with E-state index in [9.17, 15) is 14.7 Å². The number of carboxylic acids is 1. The summed E-state index contributed by atoms with van der Waals surface area (Å²) < 4.78 is 5.60. The minimum absolute atomic E-state index is 0.330. The van der Waals surface area contributed by atoms with E-state index in [0.29, 0.717) is 22.0 Å². The van der Waals surface area contributed by atoms with Gasteiger partial charge in [-0.2, -0.15) is 0 Å². The number of amides is 2. The van der Waals surface area contributed by atoms with Crippen molar-refractivity contribution in [3.05, 3.63) is 58.6 Å². The molecule has 0 bridgehead atoms. The lowest BCUT2D eigenvalue weighted by Gasteiger charge is -2.22. The summed E-state index contributed by atoms with van der Waals surface area (Å²) in [6.45, 7) is 7.43. The number of nitrogens with one attached hydrogen (secondary N) is 2. The standard InChI is InChI=1S/C20H23ClN2O4/c1-12-10-13(8-9-16(12)22-19(26)23-20(2,3)4)17(18(24)25)27-15-7-5-6-14(21)11-15/h5-11,17H,1-4H3,(H,24,25)(H2,22,23,26). The molecular formula is C20H23ClN2O4. The second-order valence-corrected chi connectivity index (χ2v) is 7.63. The van der Waals surface area contributed by atoms with Crippen LogP contribution < -0.4 is 15.4 Å². The van der Waals surface area contributed by atoms with E-state index in [1.54, 1.807) is 49.4 Å². The van der Waals surface area contributed by atoms with Gasteiger partial charge in [0.2, 0.25) is 6.10 Å². The number of anilines is 1. The van der Waals surface area contributed by atoms with E-state index in [-0.39, 0.29) is 11.6 Å². The van der Waals surface area contributed by atoms with Gasteiger partial charge in [0.25, 0.3) is 0 Å². The van der Waals surface area contributed by atoms with Crippen LogP contribution in [0.15, 0.2) is 42.5 Å². The molecule has 0 aliphatic heterocycles. The van der Waals surface area contributed by atoms with E-state index in [1.165, 1.54) is 0 Å². The predicted octanol–water partition coefficient (Wildman–Crippen LogP) is 4.77. The Hall–Kier alpha value is -2.73. The Balaban J connectivity index is 2.20. The number of rotatable bonds is 5. The minimum atomic E-state index is -1.19. The van der Waals surface area contributed by atoms with Crippen molar-refractivity contribution in [3.8, 4) is 5.75 Å². The largest absolute Gasteiger partial charge is 0.478 e. The fraction of sp³-hybridized carbons (Fsp3) is 0.300. The van der Waals surface area contributed by atoms with Crippen molar-refractivity contribution in [2.24, 2.45) is 0 Å². The fourth-order valence-electron chi connectivity index (χ4n) is 2.42. The third kappa shape index (κ3) is 6.18. The molecule has 2 aromatic rings. The zero-order valence-corrected chi connectivity index (χ0v) is 16.4. The van der Waals surface area contributed by atoms with Gasteiger partial charge in [-0.05, 0) is 63.6 Å². The Kier molecular flexibility index (Phi) is 6.33. The summed E-state index contributed by atoms with van der Waals surface area (Å²) >= 11 is 5.92. The van der Waals surface area contributed by atoms with E-state index in [2.05, 4.69) is 10.6 Å². The predicted molar refractivity (Wildman–Crippen MR) is 106 cm³/mol. The van der Waals surface area contributed by atoms with Gasteiger partial charge in [-0.25, -0.2) is 9.59 Å². The highest BCUT2D eigenvalue weighted by atomic mass is 35.5. The molecule has 2 rings (SSSR count). The number of benzene rings is 2. The highest BCUT2D eigenvalue weighted by molar-refractivity contribution is 6.30. The molecule has 0 fully saturated rings. The van der Waals surface area contributed by atoms with Crippen LogP contribution in [-0.4, -0.2) is 22.6 Å². The van der Waals surface area contributed by atoms with Gasteiger partial charge in [0, 0.05) is 21.8 Å². The summed E-state index contributed by atoms with van der Waals surface area (Å²) in [6, 6.07) is 11.2. The summed E-state index contributed by atoms with van der Waals surface area (Å²) in [4.78, 5) is 23.7. The second-order valence-electron chi connectivity index (χ2n) is 7.20. The van der Waals surface area contributed by atoms with E-state index >= 15 is 0 Å². The zero-order chi connectivity index (χ0) is 20.2. The van der Waals surface area contributed by atoms with Crippen LogP contribution >= 0.6 is 11.6 Å². The van der Waals surface area contributed by atoms with Crippen molar-refractivity contribution in [1.82, 2.24) is 5.32 Å². The first kappa shape index (κ1) is 20.6. The Bertz CT molecular complexity index is 846. The third-order valence-corrected chi connectivity index (χ3v) is 3.80.